The first-order valence-electron chi connectivity index (χ1n) is 5.58. The molecule has 0 aliphatic carbocycles. The van der Waals surface area contributed by atoms with Gasteiger partial charge in [-0.25, -0.2) is 4.98 Å². The van der Waals surface area contributed by atoms with Crippen LogP contribution in [-0.4, -0.2) is 4.98 Å². The van der Waals surface area contributed by atoms with Gasteiger partial charge in [0.15, 0.2) is 0 Å². The Morgan fingerprint density at radius 3 is 2.88 bits per heavy atom. The predicted molar refractivity (Wildman–Crippen MR) is 73.7 cm³/mol. The van der Waals surface area contributed by atoms with Gasteiger partial charge >= 0.3 is 0 Å². The Labute approximate surface area is 110 Å². The molecule has 17 heavy (non-hydrogen) atoms. The van der Waals surface area contributed by atoms with E-state index in [1.54, 1.807) is 6.26 Å². The Bertz CT molecular complexity index is 523. The van der Waals surface area contributed by atoms with Gasteiger partial charge in [-0.1, -0.05) is 28.9 Å². The highest BCUT2D eigenvalue weighted by molar-refractivity contribution is 9.10. The summed E-state index contributed by atoms with van der Waals surface area (Å²) < 4.78 is 6.51. The second kappa shape index (κ2) is 5.32. The van der Waals surface area contributed by atoms with E-state index in [2.05, 4.69) is 53.0 Å². The first-order chi connectivity index (χ1) is 8.19. The van der Waals surface area contributed by atoms with Crippen molar-refractivity contribution in [3.63, 3.8) is 0 Å². The van der Waals surface area contributed by atoms with Gasteiger partial charge in [0.05, 0.1) is 0 Å². The number of oxazole rings is 1. The molecule has 2 nitrogen and oxygen atoms in total. The molecule has 0 N–H and O–H groups in total. The predicted octanol–water partition coefficient (Wildman–Crippen LogP) is 4.84. The molecule has 1 aromatic carbocycles. The average molecular weight is 292 g/mol. The van der Waals surface area contributed by atoms with Crippen molar-refractivity contribution in [1.29, 1.82) is 0 Å². The van der Waals surface area contributed by atoms with Crippen LogP contribution in [0.2, 0.25) is 0 Å². The third-order valence-electron chi connectivity index (χ3n) is 2.34. The van der Waals surface area contributed by atoms with Crippen molar-refractivity contribution in [1.82, 2.24) is 4.98 Å². The Hall–Kier alpha value is -1.35. The Morgan fingerprint density at radius 2 is 2.18 bits per heavy atom. The zero-order valence-corrected chi connectivity index (χ0v) is 11.5. The number of allylic oxidation sites excluding steroid dienone is 1. The molecular formula is C14H14BrNO. The van der Waals surface area contributed by atoms with Gasteiger partial charge in [0.2, 0.25) is 5.89 Å². The van der Waals surface area contributed by atoms with Crippen molar-refractivity contribution < 1.29 is 4.42 Å². The molecule has 0 radical (unpaired) electrons. The lowest BCUT2D eigenvalue weighted by molar-refractivity contribution is 0.574. The number of rotatable bonds is 3. The fraction of sp³-hybridized carbons (Fsp3) is 0.214. The number of benzene rings is 1. The van der Waals surface area contributed by atoms with Crippen LogP contribution in [0.15, 0.2) is 39.4 Å². The summed E-state index contributed by atoms with van der Waals surface area (Å²) in [5.41, 5.74) is 3.03. The quantitative estimate of drug-likeness (QED) is 0.809. The van der Waals surface area contributed by atoms with Crippen LogP contribution in [-0.2, 0) is 0 Å². The fourth-order valence-electron chi connectivity index (χ4n) is 1.59. The van der Waals surface area contributed by atoms with Gasteiger partial charge in [-0.05, 0) is 43.2 Å². The zero-order chi connectivity index (χ0) is 12.3. The average Bonchev–Trinajstić information content (AvgIpc) is 2.73. The highest BCUT2D eigenvalue weighted by Gasteiger charge is 2.06. The maximum atomic E-state index is 5.47. The molecule has 0 unspecified atom stereocenters. The molecule has 0 saturated carbocycles. The van der Waals surface area contributed by atoms with E-state index < -0.39 is 0 Å². The number of halogens is 1. The van der Waals surface area contributed by atoms with Gasteiger partial charge in [0.25, 0.3) is 0 Å². The van der Waals surface area contributed by atoms with Crippen LogP contribution in [0.4, 0.5) is 0 Å². The Morgan fingerprint density at radius 1 is 1.35 bits per heavy atom. The van der Waals surface area contributed by atoms with E-state index in [4.69, 9.17) is 4.42 Å². The molecule has 1 aromatic heterocycles. The molecule has 0 aliphatic rings. The minimum Gasteiger partial charge on any atom is -0.444 e. The molecule has 0 atom stereocenters. The summed E-state index contributed by atoms with van der Waals surface area (Å²) in [6.45, 7) is 4.14. The first kappa shape index (κ1) is 12.1. The van der Waals surface area contributed by atoms with E-state index in [-0.39, 0.29) is 0 Å². The summed E-state index contributed by atoms with van der Waals surface area (Å²) in [4.78, 5) is 4.43. The molecule has 0 spiro atoms. The van der Waals surface area contributed by atoms with E-state index in [9.17, 15) is 0 Å². The lowest BCUT2D eigenvalue weighted by atomic mass is 10.1. The monoisotopic (exact) mass is 291 g/mol. The molecule has 0 fully saturated rings. The highest BCUT2D eigenvalue weighted by atomic mass is 79.9. The summed E-state index contributed by atoms with van der Waals surface area (Å²) in [6, 6.07) is 6.13. The Kier molecular flexibility index (Phi) is 3.79. The van der Waals surface area contributed by atoms with E-state index in [1.165, 1.54) is 5.56 Å². The van der Waals surface area contributed by atoms with Crippen LogP contribution >= 0.6 is 15.9 Å². The lowest BCUT2D eigenvalue weighted by Crippen LogP contribution is -1.81. The van der Waals surface area contributed by atoms with Crippen molar-refractivity contribution in [2.24, 2.45) is 0 Å². The van der Waals surface area contributed by atoms with Crippen molar-refractivity contribution in [2.75, 3.05) is 0 Å². The topological polar surface area (TPSA) is 26.0 Å². The fourth-order valence-corrected chi connectivity index (χ4v) is 2.20. The molecular weight excluding hydrogens is 278 g/mol. The van der Waals surface area contributed by atoms with Crippen LogP contribution in [0.5, 0.6) is 0 Å². The minimum atomic E-state index is 0.658. The minimum absolute atomic E-state index is 0.658. The number of nitrogens with zero attached hydrogens (tertiary/aromatic N) is 1. The molecule has 2 rings (SSSR count). The summed E-state index contributed by atoms with van der Waals surface area (Å²) in [7, 11) is 0. The highest BCUT2D eigenvalue weighted by Crippen LogP contribution is 2.24. The maximum absolute atomic E-state index is 5.47. The number of hydrogen-bond donors (Lipinski definition) is 0. The number of aromatic nitrogens is 1. The Balaban J connectivity index is 2.33. The van der Waals surface area contributed by atoms with Crippen LogP contribution in [0, 0.1) is 6.92 Å². The van der Waals surface area contributed by atoms with Gasteiger partial charge < -0.3 is 4.42 Å². The maximum Gasteiger partial charge on any atom is 0.226 e. The smallest absolute Gasteiger partial charge is 0.226 e. The van der Waals surface area contributed by atoms with E-state index in [0.717, 1.165) is 22.2 Å². The van der Waals surface area contributed by atoms with Crippen LogP contribution < -0.4 is 0 Å². The largest absolute Gasteiger partial charge is 0.444 e. The second-order valence-electron chi connectivity index (χ2n) is 3.91. The molecule has 88 valence electrons. The van der Waals surface area contributed by atoms with Gasteiger partial charge in [-0.3, -0.25) is 0 Å². The molecule has 2 aromatic rings. The molecule has 0 bridgehead atoms. The third kappa shape index (κ3) is 3.07. The van der Waals surface area contributed by atoms with Gasteiger partial charge in [0, 0.05) is 10.0 Å². The van der Waals surface area contributed by atoms with Crippen molar-refractivity contribution in [3.05, 3.63) is 46.3 Å². The summed E-state index contributed by atoms with van der Waals surface area (Å²) in [5, 5.41) is 0. The van der Waals surface area contributed by atoms with Crippen LogP contribution in [0.3, 0.4) is 0 Å². The van der Waals surface area contributed by atoms with Crippen molar-refractivity contribution >= 4 is 22.0 Å². The second-order valence-corrected chi connectivity index (χ2v) is 4.82. The van der Waals surface area contributed by atoms with E-state index >= 15 is 0 Å². The zero-order valence-electron chi connectivity index (χ0n) is 9.90. The number of hydrogen-bond acceptors (Lipinski definition) is 2. The first-order valence-corrected chi connectivity index (χ1v) is 6.38. The standard InChI is InChI=1S/C14H14BrNO/c1-3-4-5-13-9-17-14(16-13)11-6-10(2)7-12(15)8-11/h4-9H,3H2,1-2H3/b5-4+. The van der Waals surface area contributed by atoms with Crippen molar-refractivity contribution in [3.8, 4) is 11.5 Å². The van der Waals surface area contributed by atoms with E-state index in [1.807, 2.05) is 12.1 Å². The summed E-state index contributed by atoms with van der Waals surface area (Å²) in [6.07, 6.45) is 6.71. The molecule has 1 heterocycles. The SMILES string of the molecule is CC/C=C/c1coc(-c2cc(C)cc(Br)c2)n1. The van der Waals surface area contributed by atoms with Gasteiger partial charge in [-0.15, -0.1) is 0 Å². The van der Waals surface area contributed by atoms with Crippen LogP contribution in [0.1, 0.15) is 24.6 Å². The summed E-state index contributed by atoms with van der Waals surface area (Å²) in [5.74, 6) is 0.658. The molecule has 0 amide bonds. The van der Waals surface area contributed by atoms with Crippen molar-refractivity contribution in [2.45, 2.75) is 20.3 Å². The van der Waals surface area contributed by atoms with Gasteiger partial charge in [-0.2, -0.15) is 0 Å². The number of aryl methyl sites for hydroxylation is 1. The summed E-state index contributed by atoms with van der Waals surface area (Å²) >= 11 is 3.48. The van der Waals surface area contributed by atoms with Gasteiger partial charge in [0.1, 0.15) is 12.0 Å². The van der Waals surface area contributed by atoms with E-state index in [0.29, 0.717) is 5.89 Å². The third-order valence-corrected chi connectivity index (χ3v) is 2.79. The molecule has 3 heteroatoms. The normalized spacial score (nSPS) is 11.2. The lowest BCUT2D eigenvalue weighted by Gasteiger charge is -1.99. The molecule has 0 saturated heterocycles. The van der Waals surface area contributed by atoms with Crippen LogP contribution in [0.25, 0.3) is 17.5 Å². The molecule has 0 aliphatic heterocycles.